The summed E-state index contributed by atoms with van der Waals surface area (Å²) < 4.78 is 42.7. The number of aromatic nitrogens is 3. The number of benzene rings is 1. The Morgan fingerprint density at radius 1 is 1.26 bits per heavy atom. The highest BCUT2D eigenvalue weighted by molar-refractivity contribution is 5.79. The molecule has 0 aliphatic carbocycles. The first-order chi connectivity index (χ1) is 8.93. The summed E-state index contributed by atoms with van der Waals surface area (Å²) in [5.41, 5.74) is 2.03. The molecule has 3 aromatic rings. The van der Waals surface area contributed by atoms with Crippen molar-refractivity contribution in [1.29, 1.82) is 0 Å². The number of H-pyrrole nitrogens is 1. The number of hydrogen-bond acceptors (Lipinski definition) is 3. The molecule has 0 radical (unpaired) electrons. The van der Waals surface area contributed by atoms with Gasteiger partial charge in [-0.15, -0.1) is 0 Å². The average molecular weight is 267 g/mol. The number of aryl methyl sites for hydroxylation is 1. The van der Waals surface area contributed by atoms with E-state index >= 15 is 0 Å². The topological polar surface area (TPSA) is 54.7 Å². The maximum atomic E-state index is 12.5. The highest BCUT2D eigenvalue weighted by Crippen LogP contribution is 2.29. The molecule has 7 heteroatoms. The van der Waals surface area contributed by atoms with Crippen LogP contribution in [0.3, 0.4) is 0 Å². The van der Waals surface area contributed by atoms with Crippen molar-refractivity contribution in [2.45, 2.75) is 13.1 Å². The lowest BCUT2D eigenvalue weighted by atomic mass is 10.1. The summed E-state index contributed by atoms with van der Waals surface area (Å²) in [6, 6.07) is 4.98. The molecule has 0 saturated carbocycles. The third kappa shape index (κ3) is 2.07. The SMILES string of the molecule is Cc1nc2ccc(-c3cnc(C(F)(F)F)[nH]3)cc2o1. The summed E-state index contributed by atoms with van der Waals surface area (Å²) in [7, 11) is 0. The third-order valence-electron chi connectivity index (χ3n) is 2.65. The van der Waals surface area contributed by atoms with Crippen molar-refractivity contribution < 1.29 is 17.6 Å². The van der Waals surface area contributed by atoms with Crippen LogP contribution in [0.4, 0.5) is 13.2 Å². The lowest BCUT2D eigenvalue weighted by molar-refractivity contribution is -0.144. The molecule has 1 aromatic carbocycles. The van der Waals surface area contributed by atoms with Gasteiger partial charge in [0.1, 0.15) is 5.52 Å². The van der Waals surface area contributed by atoms with E-state index in [1.165, 1.54) is 0 Å². The molecular formula is C12H8F3N3O. The maximum absolute atomic E-state index is 12.5. The first-order valence-corrected chi connectivity index (χ1v) is 5.43. The molecule has 0 spiro atoms. The fourth-order valence-electron chi connectivity index (χ4n) is 1.82. The van der Waals surface area contributed by atoms with Gasteiger partial charge < -0.3 is 9.40 Å². The van der Waals surface area contributed by atoms with E-state index in [0.717, 1.165) is 6.20 Å². The van der Waals surface area contributed by atoms with Crippen molar-refractivity contribution in [2.24, 2.45) is 0 Å². The smallest absolute Gasteiger partial charge is 0.441 e. The van der Waals surface area contributed by atoms with Gasteiger partial charge in [0, 0.05) is 12.5 Å². The van der Waals surface area contributed by atoms with Crippen LogP contribution in [-0.4, -0.2) is 15.0 Å². The molecule has 19 heavy (non-hydrogen) atoms. The van der Waals surface area contributed by atoms with Gasteiger partial charge >= 0.3 is 6.18 Å². The highest BCUT2D eigenvalue weighted by atomic mass is 19.4. The van der Waals surface area contributed by atoms with Crippen molar-refractivity contribution in [2.75, 3.05) is 0 Å². The monoisotopic (exact) mass is 267 g/mol. The molecule has 0 unspecified atom stereocenters. The zero-order chi connectivity index (χ0) is 13.6. The second-order valence-electron chi connectivity index (χ2n) is 4.06. The van der Waals surface area contributed by atoms with Crippen LogP contribution in [0.1, 0.15) is 11.7 Å². The number of hydrogen-bond donors (Lipinski definition) is 1. The number of oxazole rings is 1. The normalized spacial score (nSPS) is 12.2. The van der Waals surface area contributed by atoms with Gasteiger partial charge in [-0.05, 0) is 12.1 Å². The number of nitrogens with one attached hydrogen (secondary N) is 1. The number of fused-ring (bicyclic) bond motifs is 1. The number of rotatable bonds is 1. The van der Waals surface area contributed by atoms with Crippen molar-refractivity contribution in [3.8, 4) is 11.3 Å². The van der Waals surface area contributed by atoms with Gasteiger partial charge in [-0.25, -0.2) is 9.97 Å². The Morgan fingerprint density at radius 3 is 2.74 bits per heavy atom. The van der Waals surface area contributed by atoms with Crippen LogP contribution >= 0.6 is 0 Å². The van der Waals surface area contributed by atoms with Gasteiger partial charge in [0.05, 0.1) is 11.9 Å². The molecule has 0 amide bonds. The fourth-order valence-corrected chi connectivity index (χ4v) is 1.82. The summed E-state index contributed by atoms with van der Waals surface area (Å²) >= 11 is 0. The van der Waals surface area contributed by atoms with E-state index in [0.29, 0.717) is 22.6 Å². The molecule has 0 atom stereocenters. The van der Waals surface area contributed by atoms with Gasteiger partial charge in [-0.2, -0.15) is 13.2 Å². The number of imidazole rings is 1. The maximum Gasteiger partial charge on any atom is 0.449 e. The summed E-state index contributed by atoms with van der Waals surface area (Å²) in [6.45, 7) is 1.71. The molecule has 2 aromatic heterocycles. The second-order valence-corrected chi connectivity index (χ2v) is 4.06. The van der Waals surface area contributed by atoms with Gasteiger partial charge in [0.2, 0.25) is 5.82 Å². The minimum Gasteiger partial charge on any atom is -0.441 e. The van der Waals surface area contributed by atoms with E-state index in [1.807, 2.05) is 0 Å². The van der Waals surface area contributed by atoms with E-state index in [9.17, 15) is 13.2 Å². The molecular weight excluding hydrogens is 259 g/mol. The van der Waals surface area contributed by atoms with E-state index < -0.39 is 12.0 Å². The lowest BCUT2D eigenvalue weighted by Crippen LogP contribution is -2.07. The third-order valence-corrected chi connectivity index (χ3v) is 2.65. The Morgan fingerprint density at radius 2 is 2.05 bits per heavy atom. The number of nitrogens with zero attached hydrogens (tertiary/aromatic N) is 2. The number of halogens is 3. The number of aromatic amines is 1. The summed E-state index contributed by atoms with van der Waals surface area (Å²) in [6.07, 6.45) is -3.33. The standard InChI is InChI=1S/C12H8F3N3O/c1-6-17-8-3-2-7(4-10(8)19-6)9-5-16-11(18-9)12(13,14)15/h2-5H,1H3,(H,16,18). The van der Waals surface area contributed by atoms with Crippen LogP contribution in [0.5, 0.6) is 0 Å². The molecule has 0 aliphatic heterocycles. The van der Waals surface area contributed by atoms with Crippen LogP contribution in [0.2, 0.25) is 0 Å². The number of alkyl halides is 3. The summed E-state index contributed by atoms with van der Waals surface area (Å²) in [5.74, 6) is -0.510. The highest BCUT2D eigenvalue weighted by Gasteiger charge is 2.34. The minimum absolute atomic E-state index is 0.281. The predicted octanol–water partition coefficient (Wildman–Crippen LogP) is 3.55. The van der Waals surface area contributed by atoms with Crippen LogP contribution < -0.4 is 0 Å². The largest absolute Gasteiger partial charge is 0.449 e. The summed E-state index contributed by atoms with van der Waals surface area (Å²) in [4.78, 5) is 9.68. The molecule has 3 rings (SSSR count). The average Bonchev–Trinajstić information content (AvgIpc) is 2.90. The Kier molecular flexibility index (Phi) is 2.38. The van der Waals surface area contributed by atoms with E-state index in [2.05, 4.69) is 15.0 Å². The Hall–Kier alpha value is -2.31. The van der Waals surface area contributed by atoms with Crippen molar-refractivity contribution in [1.82, 2.24) is 15.0 Å². The van der Waals surface area contributed by atoms with Gasteiger partial charge in [0.15, 0.2) is 11.5 Å². The van der Waals surface area contributed by atoms with E-state index in [-0.39, 0.29) is 5.69 Å². The van der Waals surface area contributed by atoms with Crippen LogP contribution in [0.15, 0.2) is 28.8 Å². The van der Waals surface area contributed by atoms with Crippen LogP contribution in [0, 0.1) is 6.92 Å². The molecule has 98 valence electrons. The molecule has 0 saturated heterocycles. The zero-order valence-corrected chi connectivity index (χ0v) is 9.75. The lowest BCUT2D eigenvalue weighted by Gasteiger charge is -2.01. The van der Waals surface area contributed by atoms with Crippen LogP contribution in [-0.2, 0) is 6.18 Å². The van der Waals surface area contributed by atoms with Gasteiger partial charge in [0.25, 0.3) is 0 Å². The van der Waals surface area contributed by atoms with Crippen molar-refractivity contribution in [3.05, 3.63) is 36.1 Å². The van der Waals surface area contributed by atoms with Crippen molar-refractivity contribution >= 4 is 11.1 Å². The minimum atomic E-state index is -4.48. The first-order valence-electron chi connectivity index (χ1n) is 5.43. The van der Waals surface area contributed by atoms with Crippen LogP contribution in [0.25, 0.3) is 22.4 Å². The molecule has 0 bridgehead atoms. The summed E-state index contributed by atoms with van der Waals surface area (Å²) in [5, 5.41) is 0. The zero-order valence-electron chi connectivity index (χ0n) is 9.75. The molecule has 4 nitrogen and oxygen atoms in total. The Labute approximate surface area is 105 Å². The van der Waals surface area contributed by atoms with Gasteiger partial charge in [-0.3, -0.25) is 0 Å². The molecule has 2 heterocycles. The van der Waals surface area contributed by atoms with Gasteiger partial charge in [-0.1, -0.05) is 6.07 Å². The Balaban J connectivity index is 2.06. The van der Waals surface area contributed by atoms with E-state index in [1.54, 1.807) is 25.1 Å². The quantitative estimate of drug-likeness (QED) is 0.733. The predicted molar refractivity (Wildman–Crippen MR) is 61.3 cm³/mol. The molecule has 1 N–H and O–H groups in total. The second kappa shape index (κ2) is 3.84. The van der Waals surface area contributed by atoms with E-state index in [4.69, 9.17) is 4.42 Å². The Bertz CT molecular complexity index is 742. The first kappa shape index (κ1) is 11.8. The molecule has 0 fully saturated rings. The molecule has 0 aliphatic rings. The van der Waals surface area contributed by atoms with Crippen molar-refractivity contribution in [3.63, 3.8) is 0 Å². The fraction of sp³-hybridized carbons (Fsp3) is 0.167.